The lowest BCUT2D eigenvalue weighted by molar-refractivity contribution is -0.175. The number of aryl methyl sites for hydroxylation is 3. The molecule has 4 aromatic carbocycles. The number of amides is 4. The van der Waals surface area contributed by atoms with Gasteiger partial charge < -0.3 is 49.3 Å². The second-order valence-corrected chi connectivity index (χ2v) is 19.2. The van der Waals surface area contributed by atoms with Crippen LogP contribution in [0.3, 0.4) is 0 Å². The highest BCUT2D eigenvalue weighted by Crippen LogP contribution is 2.39. The minimum absolute atomic E-state index is 0.103. The number of carbonyl (C=O) groups is 4. The number of imidazole rings is 2. The standard InChI is InChI=1S/C29H35FN4O4.C29H36N4O4/c1-3-4-15-38-29(22-7-9-23(30)10-8-22)18-34(19-29)28(36)26(16-21-5-12-25(37-2)13-6-21)33-27(35)14-11-24-17-31-20-32-24;1-4-15-37-29(25-8-6-5-7-21(25)2)18-33(19-29)28(35)26(16-22-9-12-24(36-3)13-10-22)32-27(34)14-11-23-17-30-20-31-23/h5-10,12-13,17,20,26H,3-4,11,14-16,18-19H2,1-2H3,(H,31,32)(H,33,35);5-10,12-13,17,20,26H,4,11,14-16,18-19H2,1-3H3,(H,30,31)(H,32,34)/t2*26-/m11/s1. The molecule has 2 fully saturated rings. The van der Waals surface area contributed by atoms with Crippen LogP contribution >= 0.6 is 0 Å². The first-order valence-corrected chi connectivity index (χ1v) is 25.8. The van der Waals surface area contributed by atoms with Crippen LogP contribution in [0.25, 0.3) is 0 Å². The van der Waals surface area contributed by atoms with Gasteiger partial charge in [0.25, 0.3) is 0 Å². The number of benzene rings is 4. The van der Waals surface area contributed by atoms with Gasteiger partial charge in [-0.05, 0) is 96.8 Å². The Morgan fingerprint density at radius 2 is 1.12 bits per heavy atom. The molecule has 0 bridgehead atoms. The Morgan fingerprint density at radius 1 is 0.640 bits per heavy atom. The zero-order chi connectivity index (χ0) is 53.2. The maximum Gasteiger partial charge on any atom is 0.245 e. The first-order valence-electron chi connectivity index (χ1n) is 25.8. The number of rotatable bonds is 25. The summed E-state index contributed by atoms with van der Waals surface area (Å²) in [7, 11) is 3.22. The van der Waals surface area contributed by atoms with Gasteiger partial charge in [0.2, 0.25) is 23.6 Å². The Bertz CT molecular complexity index is 2720. The van der Waals surface area contributed by atoms with Gasteiger partial charge in [0.05, 0.1) is 64.4 Å². The number of ether oxygens (including phenoxy) is 4. The van der Waals surface area contributed by atoms with E-state index in [1.54, 1.807) is 61.2 Å². The van der Waals surface area contributed by atoms with Gasteiger partial charge in [0, 0.05) is 51.3 Å². The molecule has 16 nitrogen and oxygen atoms in total. The molecule has 75 heavy (non-hydrogen) atoms. The van der Waals surface area contributed by atoms with Gasteiger partial charge in [0.15, 0.2) is 0 Å². The largest absolute Gasteiger partial charge is 0.497 e. The zero-order valence-electron chi connectivity index (χ0n) is 43.7. The number of unbranched alkanes of at least 4 members (excludes halogenated alkanes) is 1. The predicted octanol–water partition coefficient (Wildman–Crippen LogP) is 7.32. The van der Waals surface area contributed by atoms with Crippen molar-refractivity contribution in [2.24, 2.45) is 0 Å². The highest BCUT2D eigenvalue weighted by molar-refractivity contribution is 5.89. The predicted molar refractivity (Wildman–Crippen MR) is 282 cm³/mol. The molecular formula is C58H71FN8O8. The molecule has 8 rings (SSSR count). The summed E-state index contributed by atoms with van der Waals surface area (Å²) in [5.41, 5.74) is 5.34. The van der Waals surface area contributed by atoms with Crippen LogP contribution < -0.4 is 20.1 Å². The van der Waals surface area contributed by atoms with Crippen molar-refractivity contribution in [1.29, 1.82) is 0 Å². The number of halogens is 1. The maximum atomic E-state index is 13.7. The summed E-state index contributed by atoms with van der Waals surface area (Å²) in [6, 6.07) is 28.0. The quantitative estimate of drug-likeness (QED) is 0.0423. The number of likely N-dealkylation sites (tertiary alicyclic amines) is 2. The number of aromatic amines is 2. The van der Waals surface area contributed by atoms with Gasteiger partial charge in [-0.1, -0.05) is 80.9 Å². The van der Waals surface area contributed by atoms with Crippen LogP contribution in [0.15, 0.2) is 122 Å². The summed E-state index contributed by atoms with van der Waals surface area (Å²) in [5.74, 6) is 0.470. The lowest BCUT2D eigenvalue weighted by atomic mass is 9.82. The molecule has 17 heteroatoms. The molecule has 398 valence electrons. The van der Waals surface area contributed by atoms with Crippen molar-refractivity contribution in [3.63, 3.8) is 0 Å². The van der Waals surface area contributed by atoms with E-state index in [1.165, 1.54) is 12.1 Å². The molecule has 0 radical (unpaired) electrons. The molecule has 0 saturated carbocycles. The van der Waals surface area contributed by atoms with Crippen LogP contribution in [0.5, 0.6) is 11.5 Å². The van der Waals surface area contributed by atoms with Crippen molar-refractivity contribution in [2.45, 2.75) is 102 Å². The molecule has 0 aliphatic carbocycles. The number of nitrogens with one attached hydrogen (secondary N) is 4. The number of hydrogen-bond acceptors (Lipinski definition) is 10. The molecule has 0 spiro atoms. The molecular weight excluding hydrogens is 956 g/mol. The van der Waals surface area contributed by atoms with Gasteiger partial charge >= 0.3 is 0 Å². The van der Waals surface area contributed by atoms with E-state index >= 15 is 0 Å². The highest BCUT2D eigenvalue weighted by atomic mass is 19.1. The van der Waals surface area contributed by atoms with E-state index < -0.39 is 23.3 Å². The minimum Gasteiger partial charge on any atom is -0.497 e. The van der Waals surface area contributed by atoms with Gasteiger partial charge in [-0.15, -0.1) is 0 Å². The average molecular weight is 1030 g/mol. The van der Waals surface area contributed by atoms with Crippen LogP contribution in [0, 0.1) is 12.7 Å². The molecule has 2 aliphatic rings. The lowest BCUT2D eigenvalue weighted by Gasteiger charge is -2.51. The SMILES string of the molecule is CCCCOC1(c2ccc(F)cc2)CN(C(=O)[C@@H](Cc2ccc(OC)cc2)NC(=O)CCc2c[nH]cn2)C1.CCCOC1(c2ccccc2C)CN(C(=O)[C@@H](Cc2ccc(OC)cc2)NC(=O)CCc2c[nH]cn2)C1. The Morgan fingerprint density at radius 3 is 1.56 bits per heavy atom. The Labute approximate surface area is 439 Å². The normalized spacial score (nSPS) is 15.0. The molecule has 4 amide bonds. The van der Waals surface area contributed by atoms with Crippen molar-refractivity contribution in [3.8, 4) is 11.5 Å². The van der Waals surface area contributed by atoms with E-state index in [2.05, 4.69) is 63.5 Å². The van der Waals surface area contributed by atoms with Crippen molar-refractivity contribution in [2.75, 3.05) is 53.6 Å². The first-order chi connectivity index (χ1) is 36.4. The van der Waals surface area contributed by atoms with E-state index in [0.29, 0.717) is 65.1 Å². The lowest BCUT2D eigenvalue weighted by Crippen LogP contribution is -2.66. The second kappa shape index (κ2) is 26.7. The van der Waals surface area contributed by atoms with Gasteiger partial charge in [0.1, 0.15) is 40.6 Å². The molecule has 6 aromatic rings. The first kappa shape index (κ1) is 55.4. The number of methoxy groups -OCH3 is 2. The van der Waals surface area contributed by atoms with E-state index in [0.717, 1.165) is 70.0 Å². The molecule has 2 aliphatic heterocycles. The molecule has 4 N–H and O–H groups in total. The van der Waals surface area contributed by atoms with Crippen LogP contribution in [-0.2, 0) is 65.5 Å². The highest BCUT2D eigenvalue weighted by Gasteiger charge is 2.50. The zero-order valence-corrected chi connectivity index (χ0v) is 43.7. The van der Waals surface area contributed by atoms with Gasteiger partial charge in [-0.2, -0.15) is 0 Å². The summed E-state index contributed by atoms with van der Waals surface area (Å²) in [6.45, 7) is 9.00. The Hall–Kier alpha value is -7.37. The molecule has 2 saturated heterocycles. The van der Waals surface area contributed by atoms with Gasteiger partial charge in [-0.25, -0.2) is 14.4 Å². The van der Waals surface area contributed by atoms with E-state index in [9.17, 15) is 23.6 Å². The molecule has 4 heterocycles. The molecule has 2 atom stereocenters. The van der Waals surface area contributed by atoms with Crippen molar-refractivity contribution in [3.05, 3.63) is 167 Å². The number of hydrogen-bond donors (Lipinski definition) is 4. The third kappa shape index (κ3) is 14.9. The molecule has 2 aromatic heterocycles. The van der Waals surface area contributed by atoms with Crippen molar-refractivity contribution < 1.29 is 42.5 Å². The van der Waals surface area contributed by atoms with E-state index in [4.69, 9.17) is 18.9 Å². The monoisotopic (exact) mass is 1030 g/mol. The second-order valence-electron chi connectivity index (χ2n) is 19.2. The third-order valence-electron chi connectivity index (χ3n) is 13.7. The van der Waals surface area contributed by atoms with Crippen LogP contribution in [-0.4, -0.2) is 119 Å². The number of aromatic nitrogens is 4. The fourth-order valence-corrected chi connectivity index (χ4v) is 9.40. The third-order valence-corrected chi connectivity index (χ3v) is 13.7. The summed E-state index contributed by atoms with van der Waals surface area (Å²) < 4.78 is 36.7. The summed E-state index contributed by atoms with van der Waals surface area (Å²) in [6.07, 6.45) is 11.6. The van der Waals surface area contributed by atoms with Crippen LogP contribution in [0.2, 0.25) is 0 Å². The average Bonchev–Trinajstić information content (AvgIpc) is 4.15. The number of H-pyrrole nitrogens is 2. The summed E-state index contributed by atoms with van der Waals surface area (Å²) in [4.78, 5) is 70.7. The fraction of sp³-hybridized carbons (Fsp3) is 0.414. The summed E-state index contributed by atoms with van der Waals surface area (Å²) >= 11 is 0. The van der Waals surface area contributed by atoms with Crippen LogP contribution in [0.4, 0.5) is 4.39 Å². The molecule has 0 unspecified atom stereocenters. The Kier molecular flexibility index (Phi) is 19.7. The smallest absolute Gasteiger partial charge is 0.245 e. The van der Waals surface area contributed by atoms with Gasteiger partial charge in [-0.3, -0.25) is 19.2 Å². The van der Waals surface area contributed by atoms with Crippen molar-refractivity contribution in [1.82, 2.24) is 40.4 Å². The minimum atomic E-state index is -0.739. The topological polar surface area (TPSA) is 193 Å². The Balaban J connectivity index is 0.000000219. The fourth-order valence-electron chi connectivity index (χ4n) is 9.40. The summed E-state index contributed by atoms with van der Waals surface area (Å²) in [5, 5.41) is 5.93. The van der Waals surface area contributed by atoms with Crippen LogP contribution in [0.1, 0.15) is 85.2 Å². The maximum absolute atomic E-state index is 13.7. The van der Waals surface area contributed by atoms with E-state index in [1.807, 2.05) is 60.7 Å². The van der Waals surface area contributed by atoms with Crippen molar-refractivity contribution >= 4 is 23.6 Å². The number of nitrogens with zero attached hydrogens (tertiary/aromatic N) is 4. The van der Waals surface area contributed by atoms with E-state index in [-0.39, 0.29) is 42.3 Å². The number of carbonyl (C=O) groups excluding carboxylic acids is 4.